The summed E-state index contributed by atoms with van der Waals surface area (Å²) in [6, 6.07) is 11.2. The fraction of sp³-hybridized carbons (Fsp3) is 0.350. The largest absolute Gasteiger partial charge is 0.365 e. The molecule has 140 valence electrons. The van der Waals surface area contributed by atoms with Crippen molar-refractivity contribution in [3.63, 3.8) is 0 Å². The Morgan fingerprint density at radius 1 is 1.30 bits per heavy atom. The molecule has 1 aromatic carbocycles. The van der Waals surface area contributed by atoms with Crippen LogP contribution < -0.4 is 10.2 Å². The third-order valence-corrected chi connectivity index (χ3v) is 5.08. The molecule has 1 aliphatic heterocycles. The first kappa shape index (κ1) is 19.0. The van der Waals surface area contributed by atoms with Crippen molar-refractivity contribution < 1.29 is 4.79 Å². The van der Waals surface area contributed by atoms with E-state index in [1.807, 2.05) is 42.2 Å². The molecule has 1 saturated heterocycles. The zero-order valence-electron chi connectivity index (χ0n) is 15.4. The van der Waals surface area contributed by atoms with Gasteiger partial charge in [-0.15, -0.1) is 0 Å². The smallest absolute Gasteiger partial charge is 0.318 e. The predicted octanol–water partition coefficient (Wildman–Crippen LogP) is 4.09. The zero-order valence-corrected chi connectivity index (χ0v) is 16.1. The van der Waals surface area contributed by atoms with E-state index in [-0.39, 0.29) is 18.1 Å². The molecule has 0 aliphatic carbocycles. The minimum atomic E-state index is -0.0824. The van der Waals surface area contributed by atoms with Gasteiger partial charge >= 0.3 is 6.03 Å². The van der Waals surface area contributed by atoms with Crippen LogP contribution in [-0.2, 0) is 6.54 Å². The predicted molar refractivity (Wildman–Crippen MR) is 107 cm³/mol. The number of hydrogen-bond donors (Lipinski definition) is 1. The third kappa shape index (κ3) is 4.32. The topological polar surface area (TPSA) is 52.8 Å². The molecule has 7 heteroatoms. The van der Waals surface area contributed by atoms with Gasteiger partial charge in [-0.05, 0) is 38.1 Å². The second-order valence-electron chi connectivity index (χ2n) is 6.73. The van der Waals surface area contributed by atoms with E-state index in [9.17, 15) is 4.79 Å². The lowest BCUT2D eigenvalue weighted by molar-refractivity contribution is 0.160. The Bertz CT molecular complexity index is 851. The molecule has 0 spiro atoms. The van der Waals surface area contributed by atoms with Crippen LogP contribution in [0.1, 0.15) is 19.5 Å². The summed E-state index contributed by atoms with van der Waals surface area (Å²) in [7, 11) is 0. The number of carbonyl (C=O) groups is 1. The average Bonchev–Trinajstić information content (AvgIpc) is 2.68. The summed E-state index contributed by atoms with van der Waals surface area (Å²) in [5.41, 5.74) is 2.26. The van der Waals surface area contributed by atoms with Gasteiger partial charge in [-0.3, -0.25) is 4.98 Å². The van der Waals surface area contributed by atoms with E-state index in [0.717, 1.165) is 11.4 Å². The minimum absolute atomic E-state index is 0.0456. The van der Waals surface area contributed by atoms with E-state index in [0.29, 0.717) is 30.3 Å². The molecule has 1 aliphatic rings. The molecule has 0 bridgehead atoms. The molecular weight excluding hydrogens is 362 g/mol. The minimum Gasteiger partial charge on any atom is -0.365 e. The van der Waals surface area contributed by atoms with Gasteiger partial charge in [0.15, 0.2) is 0 Å². The molecule has 0 unspecified atom stereocenters. The molecule has 0 saturated carbocycles. The lowest BCUT2D eigenvalue weighted by atomic mass is 10.1. The Morgan fingerprint density at radius 3 is 2.78 bits per heavy atom. The Balaban J connectivity index is 1.65. The molecule has 2 amide bonds. The number of nitrogens with one attached hydrogen (secondary N) is 1. The summed E-state index contributed by atoms with van der Waals surface area (Å²) in [5.74, 6) is 0. The molecule has 2 atom stereocenters. The number of benzene rings is 1. The van der Waals surface area contributed by atoms with Gasteiger partial charge in [-0.1, -0.05) is 23.7 Å². The van der Waals surface area contributed by atoms with E-state index in [1.54, 1.807) is 12.3 Å². The van der Waals surface area contributed by atoms with Crippen LogP contribution in [-0.4, -0.2) is 41.1 Å². The molecule has 2 aromatic rings. The number of halogens is 1. The highest BCUT2D eigenvalue weighted by Gasteiger charge is 2.32. The Kier molecular flexibility index (Phi) is 5.82. The number of piperazine rings is 1. The van der Waals surface area contributed by atoms with E-state index >= 15 is 0 Å². The van der Waals surface area contributed by atoms with Crippen LogP contribution in [0.5, 0.6) is 0 Å². The molecule has 2 heterocycles. The van der Waals surface area contributed by atoms with Gasteiger partial charge in [0.1, 0.15) is 0 Å². The maximum atomic E-state index is 12.6. The van der Waals surface area contributed by atoms with E-state index in [2.05, 4.69) is 27.0 Å². The quantitative estimate of drug-likeness (QED) is 0.812. The Morgan fingerprint density at radius 2 is 2.11 bits per heavy atom. The van der Waals surface area contributed by atoms with Gasteiger partial charge in [0.25, 0.3) is 0 Å². The zero-order chi connectivity index (χ0) is 19.4. The monoisotopic (exact) mass is 383 g/mol. The number of aromatic nitrogens is 1. The lowest BCUT2D eigenvalue weighted by Gasteiger charge is -2.45. The van der Waals surface area contributed by atoms with Gasteiger partial charge in [0.2, 0.25) is 5.69 Å². The normalized spacial score (nSPS) is 19.5. The van der Waals surface area contributed by atoms with Crippen molar-refractivity contribution >= 4 is 29.0 Å². The molecule has 27 heavy (non-hydrogen) atoms. The molecule has 3 rings (SSSR count). The first-order chi connectivity index (χ1) is 13.0. The van der Waals surface area contributed by atoms with Crippen LogP contribution in [0.4, 0.5) is 16.2 Å². The number of amides is 2. The summed E-state index contributed by atoms with van der Waals surface area (Å²) in [6.07, 6.45) is 1.72. The maximum absolute atomic E-state index is 12.6. The van der Waals surface area contributed by atoms with Crippen molar-refractivity contribution in [2.45, 2.75) is 32.5 Å². The fourth-order valence-electron chi connectivity index (χ4n) is 3.30. The second kappa shape index (κ2) is 8.28. The molecular formula is C20H22ClN5O. The number of hydrogen-bond acceptors (Lipinski definition) is 3. The van der Waals surface area contributed by atoms with Crippen molar-refractivity contribution in [3.8, 4) is 0 Å². The van der Waals surface area contributed by atoms with Crippen molar-refractivity contribution in [2.24, 2.45) is 0 Å². The number of pyridine rings is 1. The first-order valence-corrected chi connectivity index (χ1v) is 9.25. The van der Waals surface area contributed by atoms with Crippen LogP contribution in [0.15, 0.2) is 42.6 Å². The SMILES string of the molecule is [C-]#[N+]c1ccc(N2C[C@@H](C)N(C(=O)NCc3ccccn3)C[C@@H]2C)cc1Cl. The van der Waals surface area contributed by atoms with Crippen LogP contribution in [0.25, 0.3) is 4.85 Å². The van der Waals surface area contributed by atoms with Crippen LogP contribution >= 0.6 is 11.6 Å². The highest BCUT2D eigenvalue weighted by molar-refractivity contribution is 6.33. The van der Waals surface area contributed by atoms with Gasteiger partial charge in [0.05, 0.1) is 18.8 Å². The molecule has 1 N–H and O–H groups in total. The number of carbonyl (C=O) groups excluding carboxylic acids is 1. The van der Waals surface area contributed by atoms with Crippen LogP contribution in [0.2, 0.25) is 5.02 Å². The molecule has 1 fully saturated rings. The van der Waals surface area contributed by atoms with Crippen LogP contribution in [0.3, 0.4) is 0 Å². The first-order valence-electron chi connectivity index (χ1n) is 8.87. The van der Waals surface area contributed by atoms with Gasteiger partial charge in [-0.2, -0.15) is 0 Å². The molecule has 0 radical (unpaired) electrons. The van der Waals surface area contributed by atoms with Crippen molar-refractivity contribution in [2.75, 3.05) is 18.0 Å². The highest BCUT2D eigenvalue weighted by atomic mass is 35.5. The van der Waals surface area contributed by atoms with Crippen molar-refractivity contribution in [1.82, 2.24) is 15.2 Å². The highest BCUT2D eigenvalue weighted by Crippen LogP contribution is 2.32. The van der Waals surface area contributed by atoms with Gasteiger partial charge < -0.3 is 15.1 Å². The number of nitrogens with zero attached hydrogens (tertiary/aromatic N) is 4. The summed E-state index contributed by atoms with van der Waals surface area (Å²) in [6.45, 7) is 13.0. The van der Waals surface area contributed by atoms with Crippen LogP contribution in [0, 0.1) is 6.57 Å². The number of rotatable bonds is 3. The lowest BCUT2D eigenvalue weighted by Crippen LogP contribution is -2.60. The van der Waals surface area contributed by atoms with Gasteiger partial charge in [-0.25, -0.2) is 9.64 Å². The van der Waals surface area contributed by atoms with E-state index in [4.69, 9.17) is 18.2 Å². The van der Waals surface area contributed by atoms with Crippen molar-refractivity contribution in [3.05, 3.63) is 64.7 Å². The average molecular weight is 384 g/mol. The maximum Gasteiger partial charge on any atom is 0.318 e. The second-order valence-corrected chi connectivity index (χ2v) is 7.14. The Hall–Kier alpha value is -2.78. The summed E-state index contributed by atoms with van der Waals surface area (Å²) in [5, 5.41) is 3.41. The van der Waals surface area contributed by atoms with E-state index < -0.39 is 0 Å². The third-order valence-electron chi connectivity index (χ3n) is 4.78. The summed E-state index contributed by atoms with van der Waals surface area (Å²) >= 11 is 6.19. The van der Waals surface area contributed by atoms with Gasteiger partial charge in [0, 0.05) is 42.1 Å². The molecule has 6 nitrogen and oxygen atoms in total. The summed E-state index contributed by atoms with van der Waals surface area (Å²) in [4.78, 5) is 24.3. The summed E-state index contributed by atoms with van der Waals surface area (Å²) < 4.78 is 0. The Labute approximate surface area is 164 Å². The molecule has 1 aromatic heterocycles. The van der Waals surface area contributed by atoms with Crippen molar-refractivity contribution in [1.29, 1.82) is 0 Å². The number of urea groups is 1. The standard InChI is InChI=1S/C20H22ClN5O/c1-14-13-26(20(27)24-11-16-6-4-5-9-23-16)15(2)12-25(14)17-7-8-19(22-3)18(21)10-17/h4-10,14-15H,11-13H2,1-2H3,(H,24,27)/t14-,15+/m0/s1. The van der Waals surface area contributed by atoms with E-state index in [1.165, 1.54) is 0 Å². The number of anilines is 1. The fourth-order valence-corrected chi connectivity index (χ4v) is 3.52.